The first kappa shape index (κ1) is 23.6. The van der Waals surface area contributed by atoms with Gasteiger partial charge in [-0.3, -0.25) is 9.59 Å². The van der Waals surface area contributed by atoms with Crippen LogP contribution in [0.4, 0.5) is 0 Å². The molecule has 1 atom stereocenters. The number of nitrogens with zero attached hydrogens (tertiary/aromatic N) is 2. The average Bonchev–Trinajstić information content (AvgIpc) is 2.86. The number of carbonyl (C=O) groups excluding carboxylic acids is 2. The van der Waals surface area contributed by atoms with Crippen LogP contribution in [0.25, 0.3) is 0 Å². The molecule has 0 unspecified atom stereocenters. The van der Waals surface area contributed by atoms with Crippen LogP contribution in [0, 0.1) is 6.92 Å². The summed E-state index contributed by atoms with van der Waals surface area (Å²) in [6, 6.07) is 24.1. The van der Waals surface area contributed by atoms with E-state index in [1.54, 1.807) is 11.9 Å². The molecular weight excluding hydrogens is 424 g/mol. The fourth-order valence-corrected chi connectivity index (χ4v) is 4.56. The van der Waals surface area contributed by atoms with Gasteiger partial charge in [0.25, 0.3) is 5.91 Å². The summed E-state index contributed by atoms with van der Waals surface area (Å²) in [5, 5.41) is 0. The molecule has 3 aromatic rings. The summed E-state index contributed by atoms with van der Waals surface area (Å²) in [7, 11) is 1.79. The molecule has 0 bridgehead atoms. The van der Waals surface area contributed by atoms with E-state index in [1.165, 1.54) is 5.56 Å². The molecule has 2 amide bonds. The normalized spacial score (nSPS) is 14.9. The van der Waals surface area contributed by atoms with Gasteiger partial charge in [-0.05, 0) is 47.7 Å². The maximum absolute atomic E-state index is 12.8. The highest BCUT2D eigenvalue weighted by Gasteiger charge is 2.31. The number of ether oxygens (including phenoxy) is 1. The lowest BCUT2D eigenvalue weighted by molar-refractivity contribution is -0.133. The van der Waals surface area contributed by atoms with Crippen molar-refractivity contribution >= 4 is 11.8 Å². The van der Waals surface area contributed by atoms with Crippen LogP contribution in [0.1, 0.15) is 47.2 Å². The molecule has 1 aliphatic rings. The molecule has 0 fully saturated rings. The molecule has 0 aromatic heterocycles. The number of carbonyl (C=O) groups is 2. The zero-order valence-electron chi connectivity index (χ0n) is 20.2. The lowest BCUT2D eigenvalue weighted by Crippen LogP contribution is -2.40. The molecule has 0 N–H and O–H groups in total. The Morgan fingerprint density at radius 2 is 1.82 bits per heavy atom. The van der Waals surface area contributed by atoms with Crippen molar-refractivity contribution in [1.29, 1.82) is 0 Å². The van der Waals surface area contributed by atoms with Crippen LogP contribution in [-0.2, 0) is 22.6 Å². The van der Waals surface area contributed by atoms with Crippen LogP contribution in [0.15, 0.2) is 72.8 Å². The summed E-state index contributed by atoms with van der Waals surface area (Å²) in [5.74, 6) is 0.699. The number of aryl methyl sites for hydroxylation is 1. The molecule has 5 nitrogen and oxygen atoms in total. The number of amides is 2. The average molecular weight is 457 g/mol. The molecule has 0 saturated carbocycles. The fraction of sp³-hybridized carbons (Fsp3) is 0.310. The van der Waals surface area contributed by atoms with Gasteiger partial charge >= 0.3 is 0 Å². The predicted molar refractivity (Wildman–Crippen MR) is 134 cm³/mol. The van der Waals surface area contributed by atoms with Crippen LogP contribution in [0.3, 0.4) is 0 Å². The number of rotatable bonds is 7. The molecule has 1 heterocycles. The smallest absolute Gasteiger partial charge is 0.260 e. The van der Waals surface area contributed by atoms with Gasteiger partial charge in [-0.25, -0.2) is 0 Å². The molecule has 0 radical (unpaired) electrons. The van der Waals surface area contributed by atoms with Gasteiger partial charge < -0.3 is 14.5 Å². The molecule has 5 heteroatoms. The van der Waals surface area contributed by atoms with Gasteiger partial charge in [0.05, 0.1) is 6.04 Å². The van der Waals surface area contributed by atoms with E-state index in [4.69, 9.17) is 4.74 Å². The highest BCUT2D eigenvalue weighted by Crippen LogP contribution is 2.37. The lowest BCUT2D eigenvalue weighted by atomic mass is 9.87. The first-order valence-corrected chi connectivity index (χ1v) is 11.9. The first-order valence-electron chi connectivity index (χ1n) is 11.9. The van der Waals surface area contributed by atoms with Crippen molar-refractivity contribution in [2.24, 2.45) is 0 Å². The monoisotopic (exact) mass is 456 g/mol. The molecule has 0 saturated heterocycles. The van der Waals surface area contributed by atoms with Crippen LogP contribution in [-0.4, -0.2) is 41.8 Å². The number of fused-ring (bicyclic) bond motifs is 1. The van der Waals surface area contributed by atoms with E-state index in [1.807, 2.05) is 60.4 Å². The van der Waals surface area contributed by atoms with Gasteiger partial charge in [-0.15, -0.1) is 0 Å². The van der Waals surface area contributed by atoms with Crippen LogP contribution in [0.2, 0.25) is 0 Å². The summed E-state index contributed by atoms with van der Waals surface area (Å²) in [6.45, 7) is 5.17. The molecule has 4 rings (SSSR count). The van der Waals surface area contributed by atoms with Crippen LogP contribution in [0.5, 0.6) is 5.75 Å². The minimum absolute atomic E-state index is 0.0329. The quantitative estimate of drug-likeness (QED) is 0.507. The van der Waals surface area contributed by atoms with Crippen LogP contribution >= 0.6 is 0 Å². The van der Waals surface area contributed by atoms with Gasteiger partial charge in [-0.1, -0.05) is 73.2 Å². The Morgan fingerprint density at radius 1 is 1.03 bits per heavy atom. The minimum Gasteiger partial charge on any atom is -0.484 e. The Hall–Kier alpha value is -3.60. The zero-order chi connectivity index (χ0) is 24.1. The van der Waals surface area contributed by atoms with Crippen molar-refractivity contribution in [2.75, 3.05) is 20.2 Å². The van der Waals surface area contributed by atoms with Crippen molar-refractivity contribution < 1.29 is 14.3 Å². The third-order valence-electron chi connectivity index (χ3n) is 6.38. The third-order valence-corrected chi connectivity index (χ3v) is 6.38. The number of likely N-dealkylation sites (N-methyl/N-ethyl adjacent to an activating group) is 1. The second-order valence-electron chi connectivity index (χ2n) is 8.89. The fourth-order valence-electron chi connectivity index (χ4n) is 4.56. The van der Waals surface area contributed by atoms with Crippen molar-refractivity contribution in [1.82, 2.24) is 9.80 Å². The SMILES string of the molecule is CCC(=O)N1CCc2ccc(OCC(=O)N(C)Cc3ccccc3)cc2[C@H]1c1cccc(C)c1. The molecule has 0 spiro atoms. The van der Waals surface area contributed by atoms with E-state index in [2.05, 4.69) is 31.2 Å². The van der Waals surface area contributed by atoms with Crippen molar-refractivity contribution in [3.05, 3.63) is 101 Å². The lowest BCUT2D eigenvalue weighted by Gasteiger charge is -2.38. The molecule has 3 aromatic carbocycles. The molecule has 0 aliphatic carbocycles. The van der Waals surface area contributed by atoms with Crippen LogP contribution < -0.4 is 4.74 Å². The van der Waals surface area contributed by atoms with E-state index >= 15 is 0 Å². The van der Waals surface area contributed by atoms with E-state index in [-0.39, 0.29) is 24.5 Å². The maximum Gasteiger partial charge on any atom is 0.260 e. The van der Waals surface area contributed by atoms with Gasteiger partial charge in [0.15, 0.2) is 6.61 Å². The zero-order valence-corrected chi connectivity index (χ0v) is 20.2. The Morgan fingerprint density at radius 3 is 2.56 bits per heavy atom. The number of benzene rings is 3. The molecular formula is C29H32N2O3. The largest absolute Gasteiger partial charge is 0.484 e. The van der Waals surface area contributed by atoms with Gasteiger partial charge in [0.2, 0.25) is 5.91 Å². The molecule has 176 valence electrons. The Kier molecular flexibility index (Phi) is 7.31. The Bertz CT molecular complexity index is 1160. The van der Waals surface area contributed by atoms with Gasteiger partial charge in [0.1, 0.15) is 5.75 Å². The maximum atomic E-state index is 12.8. The van der Waals surface area contributed by atoms with Crippen molar-refractivity contribution in [3.63, 3.8) is 0 Å². The summed E-state index contributed by atoms with van der Waals surface area (Å²) < 4.78 is 5.93. The second-order valence-corrected chi connectivity index (χ2v) is 8.89. The predicted octanol–water partition coefficient (Wildman–Crippen LogP) is 4.92. The van der Waals surface area contributed by atoms with E-state index in [9.17, 15) is 9.59 Å². The third kappa shape index (κ3) is 5.30. The van der Waals surface area contributed by atoms with Crippen molar-refractivity contribution in [2.45, 2.75) is 39.3 Å². The van der Waals surface area contributed by atoms with Crippen molar-refractivity contribution in [3.8, 4) is 5.75 Å². The van der Waals surface area contributed by atoms with E-state index < -0.39 is 0 Å². The van der Waals surface area contributed by atoms with Gasteiger partial charge in [0, 0.05) is 26.6 Å². The molecule has 34 heavy (non-hydrogen) atoms. The summed E-state index contributed by atoms with van der Waals surface area (Å²) in [5.41, 5.74) is 5.62. The standard InChI is InChI=1S/C29H32N2O3/c1-4-27(32)31-16-15-23-13-14-25(18-26(23)29(31)24-12-8-9-21(2)17-24)34-20-28(33)30(3)19-22-10-6-5-7-11-22/h5-14,17-18,29H,4,15-16,19-20H2,1-3H3/t29-/m1/s1. The number of hydrogen-bond acceptors (Lipinski definition) is 3. The first-order chi connectivity index (χ1) is 16.5. The topological polar surface area (TPSA) is 49.9 Å². The van der Waals surface area contributed by atoms with Gasteiger partial charge in [-0.2, -0.15) is 0 Å². The Balaban J connectivity index is 1.54. The van der Waals surface area contributed by atoms with E-state index in [0.29, 0.717) is 25.3 Å². The summed E-state index contributed by atoms with van der Waals surface area (Å²) in [4.78, 5) is 29.1. The summed E-state index contributed by atoms with van der Waals surface area (Å²) in [6.07, 6.45) is 1.28. The number of hydrogen-bond donors (Lipinski definition) is 0. The highest BCUT2D eigenvalue weighted by molar-refractivity contribution is 5.78. The summed E-state index contributed by atoms with van der Waals surface area (Å²) >= 11 is 0. The minimum atomic E-state index is -0.156. The van der Waals surface area contributed by atoms with E-state index in [0.717, 1.165) is 28.7 Å². The highest BCUT2D eigenvalue weighted by atomic mass is 16.5. The molecule has 1 aliphatic heterocycles. The second kappa shape index (κ2) is 10.6. The Labute approximate surface area is 202 Å².